The van der Waals surface area contributed by atoms with Gasteiger partial charge in [0.05, 0.1) is 6.61 Å². The van der Waals surface area contributed by atoms with Gasteiger partial charge in [-0.1, -0.05) is 25.1 Å². The Morgan fingerprint density at radius 2 is 2.00 bits per heavy atom. The molecule has 4 heteroatoms. The number of hydrogen-bond acceptors (Lipinski definition) is 3. The second kappa shape index (κ2) is 8.15. The van der Waals surface area contributed by atoms with E-state index < -0.39 is 0 Å². The van der Waals surface area contributed by atoms with Gasteiger partial charge < -0.3 is 10.1 Å². The highest BCUT2D eigenvalue weighted by molar-refractivity contribution is 9.10. The predicted octanol–water partition coefficient (Wildman–Crippen LogP) is 4.14. The van der Waals surface area contributed by atoms with E-state index in [2.05, 4.69) is 51.4 Å². The minimum Gasteiger partial charge on any atom is -0.494 e. The summed E-state index contributed by atoms with van der Waals surface area (Å²) in [5.74, 6) is 0.947. The molecule has 0 aliphatic heterocycles. The van der Waals surface area contributed by atoms with Gasteiger partial charge in [0, 0.05) is 34.4 Å². The lowest BCUT2D eigenvalue weighted by molar-refractivity contribution is 0.331. The van der Waals surface area contributed by atoms with Gasteiger partial charge >= 0.3 is 0 Å². The van der Waals surface area contributed by atoms with Crippen LogP contribution in [-0.2, 0) is 6.42 Å². The number of aromatic nitrogens is 1. The Hall–Kier alpha value is -1.39. The largest absolute Gasteiger partial charge is 0.494 e. The normalized spacial score (nSPS) is 12.1. The average molecular weight is 349 g/mol. The summed E-state index contributed by atoms with van der Waals surface area (Å²) in [5.41, 5.74) is 2.25. The van der Waals surface area contributed by atoms with Crippen molar-refractivity contribution in [2.45, 2.75) is 26.3 Å². The summed E-state index contributed by atoms with van der Waals surface area (Å²) < 4.78 is 6.75. The van der Waals surface area contributed by atoms with Gasteiger partial charge in [0.15, 0.2) is 0 Å². The fourth-order valence-corrected chi connectivity index (χ4v) is 2.56. The van der Waals surface area contributed by atoms with Crippen molar-refractivity contribution < 1.29 is 4.74 Å². The molecule has 21 heavy (non-hydrogen) atoms. The van der Waals surface area contributed by atoms with Crippen LogP contribution in [0.4, 0.5) is 0 Å². The maximum absolute atomic E-state index is 5.75. The zero-order valence-corrected chi connectivity index (χ0v) is 14.1. The molecule has 2 aromatic rings. The summed E-state index contributed by atoms with van der Waals surface area (Å²) in [6.45, 7) is 5.70. The number of nitrogens with zero attached hydrogens (tertiary/aromatic N) is 1. The smallest absolute Gasteiger partial charge is 0.124 e. The number of nitrogens with one attached hydrogen (secondary N) is 1. The van der Waals surface area contributed by atoms with Gasteiger partial charge in [0.2, 0.25) is 0 Å². The first-order valence-corrected chi connectivity index (χ1v) is 8.09. The Morgan fingerprint density at radius 1 is 1.19 bits per heavy atom. The number of ether oxygens (including phenoxy) is 1. The molecule has 0 bridgehead atoms. The lowest BCUT2D eigenvalue weighted by Crippen LogP contribution is -2.24. The van der Waals surface area contributed by atoms with Crippen LogP contribution >= 0.6 is 15.9 Å². The molecule has 112 valence electrons. The standard InChI is InChI=1S/C17H21BrN2O/c1-3-19-16(11-14-10-9-13(18)12-20-14)15-7-5-6-8-17(15)21-4-2/h5-10,12,16,19H,3-4,11H2,1-2H3. The van der Waals surface area contributed by atoms with Crippen molar-refractivity contribution in [2.75, 3.05) is 13.2 Å². The number of pyridine rings is 1. The first kappa shape index (κ1) is 16.0. The van der Waals surface area contributed by atoms with Crippen molar-refractivity contribution in [2.24, 2.45) is 0 Å². The Balaban J connectivity index is 2.24. The molecule has 1 atom stereocenters. The van der Waals surface area contributed by atoms with Crippen molar-refractivity contribution in [3.8, 4) is 5.75 Å². The molecule has 1 heterocycles. The second-order valence-electron chi connectivity index (χ2n) is 4.75. The van der Waals surface area contributed by atoms with Gasteiger partial charge in [-0.05, 0) is 47.6 Å². The summed E-state index contributed by atoms with van der Waals surface area (Å²) in [6.07, 6.45) is 2.68. The van der Waals surface area contributed by atoms with Crippen LogP contribution in [-0.4, -0.2) is 18.1 Å². The summed E-state index contributed by atoms with van der Waals surface area (Å²) >= 11 is 3.42. The molecule has 0 aliphatic rings. The maximum Gasteiger partial charge on any atom is 0.124 e. The molecule has 0 radical (unpaired) electrons. The molecule has 0 spiro atoms. The number of halogens is 1. The highest BCUT2D eigenvalue weighted by atomic mass is 79.9. The third-order valence-electron chi connectivity index (χ3n) is 3.25. The fraction of sp³-hybridized carbons (Fsp3) is 0.353. The molecule has 1 aromatic carbocycles. The van der Waals surface area contributed by atoms with Gasteiger partial charge in [0.25, 0.3) is 0 Å². The lowest BCUT2D eigenvalue weighted by atomic mass is 10.0. The highest BCUT2D eigenvalue weighted by Gasteiger charge is 2.16. The van der Waals surface area contributed by atoms with Gasteiger partial charge in [-0.3, -0.25) is 4.98 Å². The molecule has 0 aliphatic carbocycles. The summed E-state index contributed by atoms with van der Waals surface area (Å²) in [7, 11) is 0. The van der Waals surface area contributed by atoms with Crippen LogP contribution in [0.2, 0.25) is 0 Å². The maximum atomic E-state index is 5.75. The molecule has 1 aromatic heterocycles. The second-order valence-corrected chi connectivity index (χ2v) is 5.67. The van der Waals surface area contributed by atoms with Crippen LogP contribution in [0, 0.1) is 0 Å². The van der Waals surface area contributed by atoms with E-state index in [1.54, 1.807) is 0 Å². The van der Waals surface area contributed by atoms with E-state index in [0.717, 1.165) is 28.9 Å². The molecule has 1 N–H and O–H groups in total. The van der Waals surface area contributed by atoms with Crippen molar-refractivity contribution in [1.29, 1.82) is 0 Å². The van der Waals surface area contributed by atoms with Gasteiger partial charge in [-0.2, -0.15) is 0 Å². The predicted molar refractivity (Wildman–Crippen MR) is 89.7 cm³/mol. The van der Waals surface area contributed by atoms with E-state index in [4.69, 9.17) is 4.74 Å². The van der Waals surface area contributed by atoms with Crippen LogP contribution < -0.4 is 10.1 Å². The minimum absolute atomic E-state index is 0.200. The monoisotopic (exact) mass is 348 g/mol. The van der Waals surface area contributed by atoms with E-state index in [9.17, 15) is 0 Å². The van der Waals surface area contributed by atoms with Crippen molar-refractivity contribution in [1.82, 2.24) is 10.3 Å². The fourth-order valence-electron chi connectivity index (χ4n) is 2.33. The molecule has 1 unspecified atom stereocenters. The number of rotatable bonds is 7. The third kappa shape index (κ3) is 4.55. The quantitative estimate of drug-likeness (QED) is 0.816. The van der Waals surface area contributed by atoms with Crippen molar-refractivity contribution in [3.05, 3.63) is 58.3 Å². The Labute approximate surface area is 134 Å². The van der Waals surface area contributed by atoms with Crippen LogP contribution in [0.25, 0.3) is 0 Å². The van der Waals surface area contributed by atoms with E-state index >= 15 is 0 Å². The van der Waals surface area contributed by atoms with E-state index in [1.807, 2.05) is 31.3 Å². The molecule has 2 rings (SSSR count). The Kier molecular flexibility index (Phi) is 6.21. The van der Waals surface area contributed by atoms with Crippen molar-refractivity contribution >= 4 is 15.9 Å². The van der Waals surface area contributed by atoms with E-state index in [1.165, 1.54) is 5.56 Å². The molecule has 0 saturated heterocycles. The van der Waals surface area contributed by atoms with Crippen LogP contribution in [0.5, 0.6) is 5.75 Å². The molecular weight excluding hydrogens is 328 g/mol. The number of hydrogen-bond donors (Lipinski definition) is 1. The molecular formula is C17H21BrN2O. The van der Waals surface area contributed by atoms with Gasteiger partial charge in [-0.15, -0.1) is 0 Å². The van der Waals surface area contributed by atoms with E-state index in [-0.39, 0.29) is 6.04 Å². The molecule has 0 fully saturated rings. The van der Waals surface area contributed by atoms with E-state index in [0.29, 0.717) is 6.61 Å². The lowest BCUT2D eigenvalue weighted by Gasteiger charge is -2.21. The first-order valence-electron chi connectivity index (χ1n) is 7.30. The summed E-state index contributed by atoms with van der Waals surface area (Å²) in [6, 6.07) is 12.5. The third-order valence-corrected chi connectivity index (χ3v) is 3.72. The summed E-state index contributed by atoms with van der Waals surface area (Å²) in [5, 5.41) is 3.53. The Bertz CT molecular complexity index is 557. The number of para-hydroxylation sites is 1. The first-order chi connectivity index (χ1) is 10.2. The molecule has 0 amide bonds. The van der Waals surface area contributed by atoms with Crippen LogP contribution in [0.15, 0.2) is 47.1 Å². The van der Waals surface area contributed by atoms with Crippen LogP contribution in [0.3, 0.4) is 0 Å². The van der Waals surface area contributed by atoms with Crippen LogP contribution in [0.1, 0.15) is 31.1 Å². The molecule has 0 saturated carbocycles. The Morgan fingerprint density at radius 3 is 2.67 bits per heavy atom. The number of benzene rings is 1. The zero-order chi connectivity index (χ0) is 15.1. The molecule has 3 nitrogen and oxygen atoms in total. The summed E-state index contributed by atoms with van der Waals surface area (Å²) in [4.78, 5) is 4.47. The average Bonchev–Trinajstić information content (AvgIpc) is 2.50. The zero-order valence-electron chi connectivity index (χ0n) is 12.5. The van der Waals surface area contributed by atoms with Gasteiger partial charge in [-0.25, -0.2) is 0 Å². The number of likely N-dealkylation sites (N-methyl/N-ethyl adjacent to an activating group) is 1. The van der Waals surface area contributed by atoms with Crippen molar-refractivity contribution in [3.63, 3.8) is 0 Å². The topological polar surface area (TPSA) is 34.2 Å². The SMILES string of the molecule is CCNC(Cc1ccc(Br)cn1)c1ccccc1OCC. The highest BCUT2D eigenvalue weighted by Crippen LogP contribution is 2.27. The van der Waals surface area contributed by atoms with Gasteiger partial charge in [0.1, 0.15) is 5.75 Å². The minimum atomic E-state index is 0.200.